The number of aromatic nitrogens is 2. The van der Waals surface area contributed by atoms with Gasteiger partial charge in [-0.25, -0.2) is 0 Å². The SMILES string of the molecule is CCOc1ccc(CN2CCN(C(=O)c3ccc(OCc4noc(C)n4)cc3)CC2)cc1. The highest BCUT2D eigenvalue weighted by atomic mass is 16.5. The normalized spacial score (nSPS) is 14.4. The van der Waals surface area contributed by atoms with Crippen LogP contribution in [-0.4, -0.2) is 58.6 Å². The summed E-state index contributed by atoms with van der Waals surface area (Å²) in [6.07, 6.45) is 0. The lowest BCUT2D eigenvalue weighted by Gasteiger charge is -2.34. The predicted molar refractivity (Wildman–Crippen MR) is 119 cm³/mol. The van der Waals surface area contributed by atoms with Crippen molar-refractivity contribution in [1.82, 2.24) is 19.9 Å². The first kappa shape index (κ1) is 21.8. The van der Waals surface area contributed by atoms with Crippen LogP contribution in [0.25, 0.3) is 0 Å². The highest BCUT2D eigenvalue weighted by molar-refractivity contribution is 5.94. The topological polar surface area (TPSA) is 80.9 Å². The lowest BCUT2D eigenvalue weighted by molar-refractivity contribution is 0.0628. The number of hydrogen-bond donors (Lipinski definition) is 0. The third-order valence-corrected chi connectivity index (χ3v) is 5.34. The summed E-state index contributed by atoms with van der Waals surface area (Å²) in [4.78, 5) is 21.3. The Morgan fingerprint density at radius 1 is 0.969 bits per heavy atom. The minimum Gasteiger partial charge on any atom is -0.494 e. The van der Waals surface area contributed by atoms with E-state index in [2.05, 4.69) is 27.2 Å². The number of carbonyl (C=O) groups excluding carboxylic acids is 1. The van der Waals surface area contributed by atoms with Crippen molar-refractivity contribution in [1.29, 1.82) is 0 Å². The van der Waals surface area contributed by atoms with Crippen molar-refractivity contribution < 1.29 is 18.8 Å². The Balaban J connectivity index is 1.24. The molecule has 0 radical (unpaired) electrons. The summed E-state index contributed by atoms with van der Waals surface area (Å²) in [6.45, 7) is 8.62. The molecule has 8 heteroatoms. The first-order chi connectivity index (χ1) is 15.6. The minimum atomic E-state index is 0.0473. The zero-order valence-electron chi connectivity index (χ0n) is 18.5. The lowest BCUT2D eigenvalue weighted by atomic mass is 10.1. The maximum atomic E-state index is 12.9. The van der Waals surface area contributed by atoms with Crippen molar-refractivity contribution in [2.75, 3.05) is 32.8 Å². The van der Waals surface area contributed by atoms with Crippen LogP contribution in [0.3, 0.4) is 0 Å². The van der Waals surface area contributed by atoms with E-state index in [1.165, 1.54) is 5.56 Å². The van der Waals surface area contributed by atoms with E-state index in [0.29, 0.717) is 42.7 Å². The van der Waals surface area contributed by atoms with Crippen LogP contribution in [0.15, 0.2) is 53.1 Å². The molecule has 32 heavy (non-hydrogen) atoms. The molecule has 4 rings (SSSR count). The summed E-state index contributed by atoms with van der Waals surface area (Å²) >= 11 is 0. The van der Waals surface area contributed by atoms with Gasteiger partial charge in [0.05, 0.1) is 6.61 Å². The maximum Gasteiger partial charge on any atom is 0.253 e. The fourth-order valence-electron chi connectivity index (χ4n) is 3.65. The number of piperazine rings is 1. The number of amides is 1. The van der Waals surface area contributed by atoms with E-state index in [-0.39, 0.29) is 12.5 Å². The van der Waals surface area contributed by atoms with Gasteiger partial charge in [0.2, 0.25) is 11.7 Å². The first-order valence-corrected chi connectivity index (χ1v) is 10.9. The van der Waals surface area contributed by atoms with Gasteiger partial charge in [-0.3, -0.25) is 9.69 Å². The summed E-state index contributed by atoms with van der Waals surface area (Å²) < 4.78 is 16.1. The summed E-state index contributed by atoms with van der Waals surface area (Å²) in [6, 6.07) is 15.4. The second kappa shape index (κ2) is 10.3. The molecule has 1 aliphatic rings. The molecule has 0 saturated carbocycles. The number of aryl methyl sites for hydroxylation is 1. The molecular formula is C24H28N4O4. The molecule has 0 N–H and O–H groups in total. The average molecular weight is 437 g/mol. The third kappa shape index (κ3) is 5.64. The van der Waals surface area contributed by atoms with Gasteiger partial charge in [0.1, 0.15) is 11.5 Å². The van der Waals surface area contributed by atoms with E-state index < -0.39 is 0 Å². The second-order valence-electron chi connectivity index (χ2n) is 7.69. The zero-order valence-corrected chi connectivity index (χ0v) is 18.5. The van der Waals surface area contributed by atoms with Crippen molar-refractivity contribution in [2.45, 2.75) is 27.0 Å². The van der Waals surface area contributed by atoms with Gasteiger partial charge in [-0.2, -0.15) is 4.98 Å². The Hall–Kier alpha value is -3.39. The molecule has 0 aliphatic carbocycles. The van der Waals surface area contributed by atoms with Crippen LogP contribution >= 0.6 is 0 Å². The lowest BCUT2D eigenvalue weighted by Crippen LogP contribution is -2.48. The van der Waals surface area contributed by atoms with Crippen LogP contribution < -0.4 is 9.47 Å². The van der Waals surface area contributed by atoms with E-state index in [1.54, 1.807) is 31.2 Å². The molecule has 168 valence electrons. The Labute approximate surface area is 187 Å². The summed E-state index contributed by atoms with van der Waals surface area (Å²) in [5.74, 6) is 2.60. The number of ether oxygens (including phenoxy) is 2. The summed E-state index contributed by atoms with van der Waals surface area (Å²) in [5.41, 5.74) is 1.91. The molecule has 0 spiro atoms. The van der Waals surface area contributed by atoms with E-state index in [4.69, 9.17) is 14.0 Å². The molecule has 3 aromatic rings. The zero-order chi connectivity index (χ0) is 22.3. The molecule has 1 amide bonds. The van der Waals surface area contributed by atoms with Gasteiger partial charge in [0.15, 0.2) is 6.61 Å². The fourth-order valence-corrected chi connectivity index (χ4v) is 3.65. The number of carbonyl (C=O) groups is 1. The molecule has 1 aromatic heterocycles. The molecular weight excluding hydrogens is 408 g/mol. The van der Waals surface area contributed by atoms with Gasteiger partial charge in [0.25, 0.3) is 5.91 Å². The van der Waals surface area contributed by atoms with Crippen LogP contribution in [0, 0.1) is 6.92 Å². The Morgan fingerprint density at radius 3 is 2.25 bits per heavy atom. The van der Waals surface area contributed by atoms with Gasteiger partial charge < -0.3 is 18.9 Å². The third-order valence-electron chi connectivity index (χ3n) is 5.34. The summed E-state index contributed by atoms with van der Waals surface area (Å²) in [5, 5.41) is 3.80. The largest absolute Gasteiger partial charge is 0.494 e. The molecule has 2 heterocycles. The van der Waals surface area contributed by atoms with Crippen molar-refractivity contribution in [3.8, 4) is 11.5 Å². The molecule has 1 aliphatic heterocycles. The Morgan fingerprint density at radius 2 is 1.62 bits per heavy atom. The first-order valence-electron chi connectivity index (χ1n) is 10.9. The maximum absolute atomic E-state index is 12.9. The van der Waals surface area contributed by atoms with Crippen molar-refractivity contribution in [3.63, 3.8) is 0 Å². The molecule has 0 bridgehead atoms. The highest BCUT2D eigenvalue weighted by Crippen LogP contribution is 2.18. The quantitative estimate of drug-likeness (QED) is 0.536. The van der Waals surface area contributed by atoms with Crippen molar-refractivity contribution in [3.05, 3.63) is 71.4 Å². The highest BCUT2D eigenvalue weighted by Gasteiger charge is 2.22. The van der Waals surface area contributed by atoms with E-state index >= 15 is 0 Å². The van der Waals surface area contributed by atoms with Crippen LogP contribution in [0.5, 0.6) is 11.5 Å². The number of benzene rings is 2. The van der Waals surface area contributed by atoms with Crippen molar-refractivity contribution >= 4 is 5.91 Å². The Bertz CT molecular complexity index is 1010. The number of nitrogens with zero attached hydrogens (tertiary/aromatic N) is 4. The minimum absolute atomic E-state index is 0.0473. The van der Waals surface area contributed by atoms with E-state index in [9.17, 15) is 4.79 Å². The second-order valence-corrected chi connectivity index (χ2v) is 7.69. The molecule has 8 nitrogen and oxygen atoms in total. The number of rotatable bonds is 8. The summed E-state index contributed by atoms with van der Waals surface area (Å²) in [7, 11) is 0. The predicted octanol–water partition coefficient (Wildman–Crippen LogP) is 3.31. The van der Waals surface area contributed by atoms with Crippen LogP contribution in [0.2, 0.25) is 0 Å². The van der Waals surface area contributed by atoms with Crippen LogP contribution in [0.4, 0.5) is 0 Å². The molecule has 1 fully saturated rings. The van der Waals surface area contributed by atoms with Gasteiger partial charge in [-0.15, -0.1) is 0 Å². The van der Waals surface area contributed by atoms with Crippen molar-refractivity contribution in [2.24, 2.45) is 0 Å². The Kier molecular flexibility index (Phi) is 7.01. The van der Waals surface area contributed by atoms with Crippen LogP contribution in [0.1, 0.15) is 34.6 Å². The van der Waals surface area contributed by atoms with Gasteiger partial charge in [-0.1, -0.05) is 17.3 Å². The molecule has 0 unspecified atom stereocenters. The molecule has 0 atom stereocenters. The van der Waals surface area contributed by atoms with E-state index in [0.717, 1.165) is 25.4 Å². The van der Waals surface area contributed by atoms with Gasteiger partial charge in [-0.05, 0) is 48.9 Å². The average Bonchev–Trinajstić information content (AvgIpc) is 3.25. The smallest absolute Gasteiger partial charge is 0.253 e. The number of hydrogen-bond acceptors (Lipinski definition) is 7. The molecule has 1 saturated heterocycles. The monoisotopic (exact) mass is 436 g/mol. The fraction of sp³-hybridized carbons (Fsp3) is 0.375. The van der Waals surface area contributed by atoms with Crippen LogP contribution in [-0.2, 0) is 13.2 Å². The molecule has 2 aromatic carbocycles. The standard InChI is InChI=1S/C24H28N4O4/c1-3-30-21-8-4-19(5-9-21)16-27-12-14-28(15-13-27)24(29)20-6-10-22(11-7-20)31-17-23-25-18(2)32-26-23/h4-11H,3,12-17H2,1-2H3. The van der Waals surface area contributed by atoms with E-state index in [1.807, 2.05) is 24.0 Å². The van der Waals surface area contributed by atoms with Gasteiger partial charge >= 0.3 is 0 Å². The van der Waals surface area contributed by atoms with Gasteiger partial charge in [0, 0.05) is 45.2 Å².